The molecule has 1 N–H and O–H groups in total. The molecule has 0 unspecified atom stereocenters. The van der Waals surface area contributed by atoms with E-state index in [9.17, 15) is 4.79 Å². The van der Waals surface area contributed by atoms with Gasteiger partial charge < -0.3 is 10.2 Å². The minimum Gasteiger partial charge on any atom is -0.352 e. The highest BCUT2D eigenvalue weighted by molar-refractivity contribution is 9.10. The molecular weight excluding hydrogens is 304 g/mol. The highest BCUT2D eigenvalue weighted by Gasteiger charge is 2.11. The summed E-state index contributed by atoms with van der Waals surface area (Å²) in [4.78, 5) is 14.4. The summed E-state index contributed by atoms with van der Waals surface area (Å²) in [6.45, 7) is 6.30. The fourth-order valence-electron chi connectivity index (χ4n) is 2.35. The van der Waals surface area contributed by atoms with Crippen LogP contribution in [0.5, 0.6) is 0 Å². The Hall–Kier alpha value is -0.870. The number of nitrogens with one attached hydrogen (secondary N) is 1. The standard InChI is InChI=1S/C15H21BrN2O/c1-12-5-6-13(11-14(12)16)15(19)17-7-4-10-18-8-2-3-9-18/h5-6,11H,2-4,7-10H2,1H3,(H,17,19). The number of halogens is 1. The molecule has 1 aliphatic heterocycles. The van der Waals surface area contributed by atoms with Gasteiger partial charge in [0.2, 0.25) is 0 Å². The predicted octanol–water partition coefficient (Wildman–Crippen LogP) is 2.97. The third kappa shape index (κ3) is 4.32. The van der Waals surface area contributed by atoms with Gasteiger partial charge in [-0.05, 0) is 63.5 Å². The van der Waals surface area contributed by atoms with Crippen LogP contribution in [0.4, 0.5) is 0 Å². The van der Waals surface area contributed by atoms with Crippen LogP contribution in [0.2, 0.25) is 0 Å². The third-order valence-corrected chi connectivity index (χ3v) is 4.42. The van der Waals surface area contributed by atoms with Crippen molar-refractivity contribution in [2.45, 2.75) is 26.2 Å². The van der Waals surface area contributed by atoms with Crippen LogP contribution >= 0.6 is 15.9 Å². The quantitative estimate of drug-likeness (QED) is 0.844. The zero-order valence-corrected chi connectivity index (χ0v) is 13.0. The number of carbonyl (C=O) groups is 1. The van der Waals surface area contributed by atoms with Crippen LogP contribution in [-0.2, 0) is 0 Å². The van der Waals surface area contributed by atoms with E-state index >= 15 is 0 Å². The number of likely N-dealkylation sites (tertiary alicyclic amines) is 1. The SMILES string of the molecule is Cc1ccc(C(=O)NCCCN2CCCC2)cc1Br. The van der Waals surface area contributed by atoms with Crippen molar-refractivity contribution >= 4 is 21.8 Å². The Bertz CT molecular complexity index is 442. The van der Waals surface area contributed by atoms with Crippen molar-refractivity contribution in [3.63, 3.8) is 0 Å². The lowest BCUT2D eigenvalue weighted by molar-refractivity contribution is 0.0952. The fraction of sp³-hybridized carbons (Fsp3) is 0.533. The van der Waals surface area contributed by atoms with Crippen molar-refractivity contribution in [3.05, 3.63) is 33.8 Å². The molecule has 104 valence electrons. The Labute approximate surface area is 123 Å². The summed E-state index contributed by atoms with van der Waals surface area (Å²) < 4.78 is 0.984. The third-order valence-electron chi connectivity index (χ3n) is 3.57. The molecule has 1 heterocycles. The molecule has 1 aromatic rings. The van der Waals surface area contributed by atoms with E-state index in [1.165, 1.54) is 25.9 Å². The molecular formula is C15H21BrN2O. The van der Waals surface area contributed by atoms with Gasteiger partial charge in [0.05, 0.1) is 0 Å². The van der Waals surface area contributed by atoms with Crippen LogP contribution < -0.4 is 5.32 Å². The van der Waals surface area contributed by atoms with Gasteiger partial charge in [0.15, 0.2) is 0 Å². The Morgan fingerprint density at radius 2 is 2.11 bits per heavy atom. The largest absolute Gasteiger partial charge is 0.352 e. The second kappa shape index (κ2) is 7.06. The maximum absolute atomic E-state index is 12.0. The van der Waals surface area contributed by atoms with Crippen LogP contribution in [-0.4, -0.2) is 37.0 Å². The van der Waals surface area contributed by atoms with E-state index in [1.54, 1.807) is 0 Å². The molecule has 0 saturated carbocycles. The number of aryl methyl sites for hydroxylation is 1. The maximum atomic E-state index is 12.0. The van der Waals surface area contributed by atoms with E-state index in [1.807, 2.05) is 25.1 Å². The summed E-state index contributed by atoms with van der Waals surface area (Å²) in [6, 6.07) is 5.71. The molecule has 0 aromatic heterocycles. The van der Waals surface area contributed by atoms with Crippen molar-refractivity contribution in [2.24, 2.45) is 0 Å². The molecule has 0 bridgehead atoms. The van der Waals surface area contributed by atoms with Gasteiger partial charge in [-0.3, -0.25) is 4.79 Å². The highest BCUT2D eigenvalue weighted by Crippen LogP contribution is 2.17. The lowest BCUT2D eigenvalue weighted by Gasteiger charge is -2.14. The molecule has 1 aliphatic rings. The van der Waals surface area contributed by atoms with Gasteiger partial charge in [0.25, 0.3) is 5.91 Å². The number of hydrogen-bond acceptors (Lipinski definition) is 2. The first-order valence-electron chi connectivity index (χ1n) is 6.93. The molecule has 3 nitrogen and oxygen atoms in total. The number of hydrogen-bond donors (Lipinski definition) is 1. The van der Waals surface area contributed by atoms with E-state index in [4.69, 9.17) is 0 Å². The first-order chi connectivity index (χ1) is 9.16. The summed E-state index contributed by atoms with van der Waals surface area (Å²) in [5.74, 6) is 0.0159. The molecule has 4 heteroatoms. The second-order valence-corrected chi connectivity index (χ2v) is 5.98. The normalized spacial score (nSPS) is 15.7. The summed E-state index contributed by atoms with van der Waals surface area (Å²) in [5.41, 5.74) is 1.87. The summed E-state index contributed by atoms with van der Waals surface area (Å²) in [5, 5.41) is 2.98. The van der Waals surface area contributed by atoms with Crippen molar-refractivity contribution < 1.29 is 4.79 Å². The highest BCUT2D eigenvalue weighted by atomic mass is 79.9. The first-order valence-corrected chi connectivity index (χ1v) is 7.73. The molecule has 1 saturated heterocycles. The van der Waals surface area contributed by atoms with Gasteiger partial charge in [-0.1, -0.05) is 22.0 Å². The summed E-state index contributed by atoms with van der Waals surface area (Å²) in [7, 11) is 0. The molecule has 1 aromatic carbocycles. The van der Waals surface area contributed by atoms with Crippen LogP contribution in [0.3, 0.4) is 0 Å². The average Bonchev–Trinajstić information content (AvgIpc) is 2.91. The number of rotatable bonds is 5. The number of benzene rings is 1. The molecule has 0 spiro atoms. The van der Waals surface area contributed by atoms with Crippen molar-refractivity contribution in [2.75, 3.05) is 26.2 Å². The van der Waals surface area contributed by atoms with Crippen molar-refractivity contribution in [1.29, 1.82) is 0 Å². The zero-order chi connectivity index (χ0) is 13.7. The Morgan fingerprint density at radius 1 is 1.37 bits per heavy atom. The Balaban J connectivity index is 1.72. The topological polar surface area (TPSA) is 32.3 Å². The van der Waals surface area contributed by atoms with Crippen LogP contribution in [0, 0.1) is 6.92 Å². The Kier molecular flexibility index (Phi) is 5.40. The molecule has 0 radical (unpaired) electrons. The van der Waals surface area contributed by atoms with Crippen LogP contribution in [0.25, 0.3) is 0 Å². The Morgan fingerprint density at radius 3 is 2.79 bits per heavy atom. The van der Waals surface area contributed by atoms with Gasteiger partial charge in [-0.15, -0.1) is 0 Å². The van der Waals surface area contributed by atoms with Gasteiger partial charge in [-0.25, -0.2) is 0 Å². The maximum Gasteiger partial charge on any atom is 0.251 e. The van der Waals surface area contributed by atoms with E-state index in [2.05, 4.69) is 26.1 Å². The minimum absolute atomic E-state index is 0.0159. The fourth-order valence-corrected chi connectivity index (χ4v) is 2.73. The van der Waals surface area contributed by atoms with Gasteiger partial charge in [-0.2, -0.15) is 0 Å². The number of carbonyl (C=O) groups excluding carboxylic acids is 1. The lowest BCUT2D eigenvalue weighted by Crippen LogP contribution is -2.28. The molecule has 0 aliphatic carbocycles. The molecule has 19 heavy (non-hydrogen) atoms. The van der Waals surface area contributed by atoms with E-state index < -0.39 is 0 Å². The molecule has 1 amide bonds. The van der Waals surface area contributed by atoms with Crippen molar-refractivity contribution in [1.82, 2.24) is 10.2 Å². The second-order valence-electron chi connectivity index (χ2n) is 5.12. The van der Waals surface area contributed by atoms with E-state index in [-0.39, 0.29) is 5.91 Å². The molecule has 0 atom stereocenters. The molecule has 1 fully saturated rings. The lowest BCUT2D eigenvalue weighted by atomic mass is 10.1. The average molecular weight is 325 g/mol. The smallest absolute Gasteiger partial charge is 0.251 e. The van der Waals surface area contributed by atoms with E-state index in [0.717, 1.165) is 35.1 Å². The summed E-state index contributed by atoms with van der Waals surface area (Å²) in [6.07, 6.45) is 3.67. The number of amides is 1. The van der Waals surface area contributed by atoms with Gasteiger partial charge in [0, 0.05) is 16.6 Å². The number of nitrogens with zero attached hydrogens (tertiary/aromatic N) is 1. The minimum atomic E-state index is 0.0159. The predicted molar refractivity (Wildman–Crippen MR) is 81.5 cm³/mol. The van der Waals surface area contributed by atoms with Gasteiger partial charge >= 0.3 is 0 Å². The van der Waals surface area contributed by atoms with Crippen LogP contribution in [0.1, 0.15) is 35.2 Å². The summed E-state index contributed by atoms with van der Waals surface area (Å²) >= 11 is 3.45. The first kappa shape index (κ1) is 14.5. The molecule has 2 rings (SSSR count). The van der Waals surface area contributed by atoms with Gasteiger partial charge in [0.1, 0.15) is 0 Å². The monoisotopic (exact) mass is 324 g/mol. The van der Waals surface area contributed by atoms with E-state index in [0.29, 0.717) is 0 Å². The van der Waals surface area contributed by atoms with Crippen molar-refractivity contribution in [3.8, 4) is 0 Å². The van der Waals surface area contributed by atoms with Crippen LogP contribution in [0.15, 0.2) is 22.7 Å². The zero-order valence-electron chi connectivity index (χ0n) is 11.4.